The van der Waals surface area contributed by atoms with Gasteiger partial charge in [-0.15, -0.1) is 0 Å². The molecular weight excluding hydrogens is 334 g/mol. The molecule has 3 nitrogen and oxygen atoms in total. The van der Waals surface area contributed by atoms with Gasteiger partial charge in [0.2, 0.25) is 0 Å². The highest BCUT2D eigenvalue weighted by Gasteiger charge is 2.40. The number of benzene rings is 2. The summed E-state index contributed by atoms with van der Waals surface area (Å²) in [5.74, 6) is 0.281. The van der Waals surface area contributed by atoms with Crippen molar-refractivity contribution in [2.75, 3.05) is 12.4 Å². The number of ether oxygens (including phenoxy) is 1. The van der Waals surface area contributed by atoms with Crippen LogP contribution in [0.15, 0.2) is 48.6 Å². The van der Waals surface area contributed by atoms with Gasteiger partial charge in [0.15, 0.2) is 0 Å². The number of anilines is 1. The standard InChI is InChI=1S/C21H20ClNO2/c1-12-9-10-17(21(24)25-2)18-15-7-4-8-16(15)20(23-19(12)18)13-5-3-6-14(22)11-13/h3-7,9-11,15-16,20,23H,8H2,1-2H3/t15-,16+,20+/m1/s1. The van der Waals surface area contributed by atoms with E-state index in [1.165, 1.54) is 12.7 Å². The van der Waals surface area contributed by atoms with E-state index in [2.05, 4.69) is 30.5 Å². The molecule has 128 valence electrons. The van der Waals surface area contributed by atoms with Gasteiger partial charge in [-0.3, -0.25) is 0 Å². The normalized spacial score (nSPS) is 23.6. The summed E-state index contributed by atoms with van der Waals surface area (Å²) in [5.41, 5.74) is 5.07. The van der Waals surface area contributed by atoms with Crippen LogP contribution in [0, 0.1) is 12.8 Å². The maximum absolute atomic E-state index is 12.3. The van der Waals surface area contributed by atoms with Crippen molar-refractivity contribution in [3.63, 3.8) is 0 Å². The Bertz CT molecular complexity index is 874. The topological polar surface area (TPSA) is 38.3 Å². The number of hydrogen-bond donors (Lipinski definition) is 1. The lowest BCUT2D eigenvalue weighted by Gasteiger charge is -2.39. The first kappa shape index (κ1) is 16.2. The molecule has 1 aliphatic carbocycles. The van der Waals surface area contributed by atoms with Gasteiger partial charge in [0, 0.05) is 16.6 Å². The lowest BCUT2D eigenvalue weighted by atomic mass is 9.75. The molecule has 0 radical (unpaired) electrons. The first-order valence-electron chi connectivity index (χ1n) is 8.50. The summed E-state index contributed by atoms with van der Waals surface area (Å²) in [6, 6.07) is 12.0. The molecule has 0 saturated heterocycles. The summed E-state index contributed by atoms with van der Waals surface area (Å²) in [6.45, 7) is 2.07. The number of rotatable bonds is 2. The minimum Gasteiger partial charge on any atom is -0.465 e. The van der Waals surface area contributed by atoms with Gasteiger partial charge in [0.25, 0.3) is 0 Å². The highest BCUT2D eigenvalue weighted by molar-refractivity contribution is 6.30. The van der Waals surface area contributed by atoms with Crippen molar-refractivity contribution < 1.29 is 9.53 Å². The summed E-state index contributed by atoms with van der Waals surface area (Å²) in [6.07, 6.45) is 5.42. The van der Waals surface area contributed by atoms with E-state index in [0.29, 0.717) is 11.5 Å². The van der Waals surface area contributed by atoms with Crippen LogP contribution in [0.5, 0.6) is 0 Å². The Morgan fingerprint density at radius 2 is 2.12 bits per heavy atom. The molecule has 0 amide bonds. The Hall–Kier alpha value is -2.26. The first-order chi connectivity index (χ1) is 12.1. The molecule has 0 unspecified atom stereocenters. The minimum atomic E-state index is -0.279. The van der Waals surface area contributed by atoms with Crippen LogP contribution in [0.3, 0.4) is 0 Å². The van der Waals surface area contributed by atoms with E-state index in [1.807, 2.05) is 30.3 Å². The van der Waals surface area contributed by atoms with Gasteiger partial charge >= 0.3 is 5.97 Å². The molecule has 0 saturated carbocycles. The van der Waals surface area contributed by atoms with Crippen molar-refractivity contribution in [2.45, 2.75) is 25.3 Å². The Morgan fingerprint density at radius 1 is 1.28 bits per heavy atom. The average molecular weight is 354 g/mol. The molecule has 1 aliphatic heterocycles. The highest BCUT2D eigenvalue weighted by Crippen LogP contribution is 2.51. The Kier molecular flexibility index (Phi) is 4.04. The molecule has 4 heteroatoms. The van der Waals surface area contributed by atoms with Crippen LogP contribution < -0.4 is 5.32 Å². The molecular formula is C21H20ClNO2. The van der Waals surface area contributed by atoms with Crippen LogP contribution in [0.2, 0.25) is 5.02 Å². The Morgan fingerprint density at radius 3 is 2.88 bits per heavy atom. The van der Waals surface area contributed by atoms with E-state index in [4.69, 9.17) is 16.3 Å². The summed E-state index contributed by atoms with van der Waals surface area (Å²) in [7, 11) is 1.43. The third-order valence-electron chi connectivity index (χ3n) is 5.34. The van der Waals surface area contributed by atoms with E-state index in [9.17, 15) is 4.79 Å². The predicted octanol–water partition coefficient (Wildman–Crippen LogP) is 5.26. The third kappa shape index (κ3) is 2.63. The number of fused-ring (bicyclic) bond motifs is 3. The molecule has 0 bridgehead atoms. The summed E-state index contributed by atoms with van der Waals surface area (Å²) < 4.78 is 5.01. The molecule has 2 aromatic rings. The van der Waals surface area contributed by atoms with Crippen LogP contribution in [0.1, 0.15) is 45.4 Å². The number of aryl methyl sites for hydroxylation is 1. The van der Waals surface area contributed by atoms with Gasteiger partial charge in [-0.1, -0.05) is 42.0 Å². The fourth-order valence-electron chi connectivity index (χ4n) is 4.17. The number of esters is 1. The summed E-state index contributed by atoms with van der Waals surface area (Å²) >= 11 is 6.22. The maximum atomic E-state index is 12.3. The highest BCUT2D eigenvalue weighted by atomic mass is 35.5. The number of hydrogen-bond acceptors (Lipinski definition) is 3. The van der Waals surface area contributed by atoms with E-state index in [1.54, 1.807) is 0 Å². The number of allylic oxidation sites excluding steroid dienone is 2. The molecule has 1 heterocycles. The van der Waals surface area contributed by atoms with Crippen molar-refractivity contribution >= 4 is 23.3 Å². The average Bonchev–Trinajstić information content (AvgIpc) is 3.10. The van der Waals surface area contributed by atoms with Gasteiger partial charge < -0.3 is 10.1 Å². The number of methoxy groups -OCH3 is 1. The molecule has 0 fully saturated rings. The predicted molar refractivity (Wildman–Crippen MR) is 100 cm³/mol. The van der Waals surface area contributed by atoms with Gasteiger partial charge in [-0.25, -0.2) is 4.79 Å². The van der Waals surface area contributed by atoms with Crippen molar-refractivity contribution in [1.82, 2.24) is 0 Å². The lowest BCUT2D eigenvalue weighted by Crippen LogP contribution is -2.31. The quantitative estimate of drug-likeness (QED) is 0.591. The number of nitrogens with one attached hydrogen (secondary N) is 1. The van der Waals surface area contributed by atoms with Crippen LogP contribution in [0.25, 0.3) is 0 Å². The van der Waals surface area contributed by atoms with Crippen LogP contribution in [0.4, 0.5) is 5.69 Å². The van der Waals surface area contributed by atoms with Gasteiger partial charge in [-0.05, 0) is 54.2 Å². The van der Waals surface area contributed by atoms with E-state index < -0.39 is 0 Å². The second-order valence-corrected chi connectivity index (χ2v) is 7.18. The second-order valence-electron chi connectivity index (χ2n) is 6.74. The smallest absolute Gasteiger partial charge is 0.338 e. The Labute approximate surface area is 152 Å². The zero-order chi connectivity index (χ0) is 17.6. The van der Waals surface area contributed by atoms with Gasteiger partial charge in [-0.2, -0.15) is 0 Å². The van der Waals surface area contributed by atoms with E-state index >= 15 is 0 Å². The second kappa shape index (κ2) is 6.23. The van der Waals surface area contributed by atoms with Gasteiger partial charge in [0.05, 0.1) is 18.7 Å². The molecule has 2 aromatic carbocycles. The third-order valence-corrected chi connectivity index (χ3v) is 5.58. The van der Waals surface area contributed by atoms with Crippen LogP contribution in [-0.2, 0) is 4.74 Å². The summed E-state index contributed by atoms with van der Waals surface area (Å²) in [5, 5.41) is 4.44. The molecule has 4 rings (SSSR count). The lowest BCUT2D eigenvalue weighted by molar-refractivity contribution is 0.0598. The van der Waals surface area contributed by atoms with Crippen LogP contribution >= 0.6 is 11.6 Å². The first-order valence-corrected chi connectivity index (χ1v) is 8.88. The number of carbonyl (C=O) groups is 1. The summed E-state index contributed by atoms with van der Waals surface area (Å²) in [4.78, 5) is 12.3. The van der Waals surface area contributed by atoms with Crippen molar-refractivity contribution in [3.8, 4) is 0 Å². The SMILES string of the molecule is COC(=O)c1ccc(C)c2c1[C@@H]1C=CC[C@@H]1[C@H](c1cccc(Cl)c1)N2. The molecule has 25 heavy (non-hydrogen) atoms. The monoisotopic (exact) mass is 353 g/mol. The fraction of sp³-hybridized carbons (Fsp3) is 0.286. The largest absolute Gasteiger partial charge is 0.465 e. The molecule has 0 spiro atoms. The van der Waals surface area contributed by atoms with E-state index in [-0.39, 0.29) is 17.9 Å². The molecule has 2 aliphatic rings. The fourth-order valence-corrected chi connectivity index (χ4v) is 4.37. The molecule has 3 atom stereocenters. The maximum Gasteiger partial charge on any atom is 0.338 e. The minimum absolute atomic E-state index is 0.165. The zero-order valence-electron chi connectivity index (χ0n) is 14.3. The van der Waals surface area contributed by atoms with Crippen molar-refractivity contribution in [2.24, 2.45) is 5.92 Å². The molecule has 1 N–H and O–H groups in total. The van der Waals surface area contributed by atoms with Gasteiger partial charge in [0.1, 0.15) is 0 Å². The number of carbonyl (C=O) groups excluding carboxylic acids is 1. The zero-order valence-corrected chi connectivity index (χ0v) is 15.0. The number of halogens is 1. The van der Waals surface area contributed by atoms with E-state index in [0.717, 1.165) is 28.3 Å². The molecule has 0 aromatic heterocycles. The van der Waals surface area contributed by atoms with Crippen molar-refractivity contribution in [1.29, 1.82) is 0 Å². The Balaban J connectivity index is 1.87. The van der Waals surface area contributed by atoms with Crippen LogP contribution in [-0.4, -0.2) is 13.1 Å². The van der Waals surface area contributed by atoms with Crippen molar-refractivity contribution in [3.05, 3.63) is 75.8 Å².